The molecular weight excluding hydrogens is 164 g/mol. The van der Waals surface area contributed by atoms with Gasteiger partial charge in [0.15, 0.2) is 0 Å². The molecule has 1 aliphatic carbocycles. The first-order valence-electron chi connectivity index (χ1n) is 5.42. The molecule has 0 bridgehead atoms. The van der Waals surface area contributed by atoms with E-state index in [1.807, 2.05) is 0 Å². The summed E-state index contributed by atoms with van der Waals surface area (Å²) in [6.07, 6.45) is 9.29. The van der Waals surface area contributed by atoms with Crippen molar-refractivity contribution in [2.45, 2.75) is 51.9 Å². The van der Waals surface area contributed by atoms with E-state index in [-0.39, 0.29) is 5.97 Å². The molecule has 0 spiro atoms. The first-order valence-corrected chi connectivity index (χ1v) is 5.42. The molecule has 1 fully saturated rings. The van der Waals surface area contributed by atoms with Gasteiger partial charge in [-0.25, -0.2) is 0 Å². The SMILES string of the molecule is CC(=O)OCCCC1CCCCC1. The molecule has 76 valence electrons. The highest BCUT2D eigenvalue weighted by Crippen LogP contribution is 2.27. The minimum Gasteiger partial charge on any atom is -0.466 e. The Balaban J connectivity index is 1.95. The van der Waals surface area contributed by atoms with Crippen molar-refractivity contribution < 1.29 is 9.53 Å². The first-order chi connectivity index (χ1) is 6.29. The zero-order chi connectivity index (χ0) is 9.52. The molecule has 0 unspecified atom stereocenters. The van der Waals surface area contributed by atoms with Crippen LogP contribution < -0.4 is 0 Å². The second-order valence-electron chi connectivity index (χ2n) is 3.99. The number of hydrogen-bond donors (Lipinski definition) is 0. The fourth-order valence-corrected chi connectivity index (χ4v) is 2.06. The lowest BCUT2D eigenvalue weighted by Crippen LogP contribution is -2.08. The number of hydrogen-bond acceptors (Lipinski definition) is 2. The van der Waals surface area contributed by atoms with Crippen LogP contribution in [0, 0.1) is 5.92 Å². The zero-order valence-corrected chi connectivity index (χ0v) is 8.55. The summed E-state index contributed by atoms with van der Waals surface area (Å²) < 4.78 is 4.89. The van der Waals surface area contributed by atoms with Crippen molar-refractivity contribution >= 4 is 5.97 Å². The summed E-state index contributed by atoms with van der Waals surface area (Å²) in [5.74, 6) is 0.757. The van der Waals surface area contributed by atoms with Gasteiger partial charge in [-0.2, -0.15) is 0 Å². The Hall–Kier alpha value is -0.530. The quantitative estimate of drug-likeness (QED) is 0.496. The molecule has 0 N–H and O–H groups in total. The highest BCUT2D eigenvalue weighted by molar-refractivity contribution is 5.65. The summed E-state index contributed by atoms with van der Waals surface area (Å²) in [6.45, 7) is 2.09. The van der Waals surface area contributed by atoms with Crippen molar-refractivity contribution in [1.82, 2.24) is 0 Å². The molecule has 1 aliphatic rings. The van der Waals surface area contributed by atoms with Crippen LogP contribution in [0.5, 0.6) is 0 Å². The van der Waals surface area contributed by atoms with Crippen molar-refractivity contribution in [3.8, 4) is 0 Å². The van der Waals surface area contributed by atoms with Crippen molar-refractivity contribution in [1.29, 1.82) is 0 Å². The van der Waals surface area contributed by atoms with Gasteiger partial charge in [-0.3, -0.25) is 4.79 Å². The standard InChI is InChI=1S/C11H20O2/c1-10(12)13-9-5-8-11-6-3-2-4-7-11/h11H,2-9H2,1H3. The Labute approximate surface area is 80.7 Å². The second kappa shape index (κ2) is 6.01. The number of esters is 1. The van der Waals surface area contributed by atoms with E-state index < -0.39 is 0 Å². The summed E-state index contributed by atoms with van der Waals surface area (Å²) in [5.41, 5.74) is 0. The molecule has 0 heterocycles. The predicted octanol–water partition coefficient (Wildman–Crippen LogP) is 2.91. The fraction of sp³-hybridized carbons (Fsp3) is 0.909. The average Bonchev–Trinajstić information content (AvgIpc) is 2.14. The monoisotopic (exact) mass is 184 g/mol. The smallest absolute Gasteiger partial charge is 0.302 e. The minimum atomic E-state index is -0.149. The topological polar surface area (TPSA) is 26.3 Å². The highest BCUT2D eigenvalue weighted by atomic mass is 16.5. The third-order valence-electron chi connectivity index (χ3n) is 2.79. The summed E-state index contributed by atoms with van der Waals surface area (Å²) >= 11 is 0. The largest absolute Gasteiger partial charge is 0.466 e. The Morgan fingerprint density at radius 3 is 2.62 bits per heavy atom. The summed E-state index contributed by atoms with van der Waals surface area (Å²) in [4.78, 5) is 10.5. The van der Waals surface area contributed by atoms with Crippen LogP contribution in [0.25, 0.3) is 0 Å². The van der Waals surface area contributed by atoms with Crippen LogP contribution in [0.4, 0.5) is 0 Å². The van der Waals surface area contributed by atoms with Gasteiger partial charge in [-0.05, 0) is 18.8 Å². The van der Waals surface area contributed by atoms with E-state index in [1.165, 1.54) is 45.4 Å². The van der Waals surface area contributed by atoms with E-state index in [1.54, 1.807) is 0 Å². The fourth-order valence-electron chi connectivity index (χ4n) is 2.06. The Morgan fingerprint density at radius 1 is 1.31 bits per heavy atom. The number of carbonyl (C=O) groups excluding carboxylic acids is 1. The van der Waals surface area contributed by atoms with Crippen molar-refractivity contribution in [2.75, 3.05) is 6.61 Å². The number of carbonyl (C=O) groups is 1. The molecule has 0 amide bonds. The van der Waals surface area contributed by atoms with Crippen LogP contribution in [-0.2, 0) is 9.53 Å². The van der Waals surface area contributed by atoms with E-state index in [0.717, 1.165) is 12.3 Å². The van der Waals surface area contributed by atoms with E-state index in [2.05, 4.69) is 0 Å². The van der Waals surface area contributed by atoms with Gasteiger partial charge in [0, 0.05) is 6.92 Å². The maximum absolute atomic E-state index is 10.5. The maximum Gasteiger partial charge on any atom is 0.302 e. The molecule has 0 aromatic carbocycles. The van der Waals surface area contributed by atoms with E-state index in [4.69, 9.17) is 4.74 Å². The Kier molecular flexibility index (Phi) is 4.87. The predicted molar refractivity (Wildman–Crippen MR) is 52.4 cm³/mol. The summed E-state index contributed by atoms with van der Waals surface area (Å²) in [7, 11) is 0. The van der Waals surface area contributed by atoms with Gasteiger partial charge in [-0.1, -0.05) is 32.1 Å². The lowest BCUT2D eigenvalue weighted by molar-refractivity contribution is -0.141. The minimum absolute atomic E-state index is 0.149. The molecule has 0 radical (unpaired) electrons. The molecule has 13 heavy (non-hydrogen) atoms. The maximum atomic E-state index is 10.5. The van der Waals surface area contributed by atoms with E-state index in [9.17, 15) is 4.79 Å². The Bertz CT molecular complexity index is 148. The van der Waals surface area contributed by atoms with E-state index in [0.29, 0.717) is 6.61 Å². The molecule has 0 aromatic rings. The summed E-state index contributed by atoms with van der Waals surface area (Å²) in [5, 5.41) is 0. The van der Waals surface area contributed by atoms with E-state index >= 15 is 0 Å². The highest BCUT2D eigenvalue weighted by Gasteiger charge is 2.12. The van der Waals surface area contributed by atoms with Crippen LogP contribution >= 0.6 is 0 Å². The van der Waals surface area contributed by atoms with Gasteiger partial charge in [0.05, 0.1) is 6.61 Å². The normalized spacial score (nSPS) is 18.5. The third kappa shape index (κ3) is 4.91. The van der Waals surface area contributed by atoms with Crippen LogP contribution in [0.1, 0.15) is 51.9 Å². The van der Waals surface area contributed by atoms with Crippen LogP contribution in [-0.4, -0.2) is 12.6 Å². The molecule has 1 rings (SSSR count). The molecule has 1 saturated carbocycles. The molecule has 2 nitrogen and oxygen atoms in total. The molecule has 0 saturated heterocycles. The second-order valence-corrected chi connectivity index (χ2v) is 3.99. The van der Waals surface area contributed by atoms with Crippen LogP contribution in [0.15, 0.2) is 0 Å². The van der Waals surface area contributed by atoms with Crippen molar-refractivity contribution in [3.63, 3.8) is 0 Å². The Morgan fingerprint density at radius 2 is 2.00 bits per heavy atom. The molecule has 0 aromatic heterocycles. The number of rotatable bonds is 4. The van der Waals surface area contributed by atoms with Gasteiger partial charge < -0.3 is 4.74 Å². The summed E-state index contributed by atoms with van der Waals surface area (Å²) in [6, 6.07) is 0. The first kappa shape index (κ1) is 10.6. The lowest BCUT2D eigenvalue weighted by atomic mass is 9.86. The van der Waals surface area contributed by atoms with Gasteiger partial charge >= 0.3 is 5.97 Å². The van der Waals surface area contributed by atoms with Crippen LogP contribution in [0.2, 0.25) is 0 Å². The third-order valence-corrected chi connectivity index (χ3v) is 2.79. The van der Waals surface area contributed by atoms with Crippen molar-refractivity contribution in [2.24, 2.45) is 5.92 Å². The molecular formula is C11H20O2. The number of ether oxygens (including phenoxy) is 1. The average molecular weight is 184 g/mol. The van der Waals surface area contributed by atoms with Gasteiger partial charge in [-0.15, -0.1) is 0 Å². The van der Waals surface area contributed by atoms with Gasteiger partial charge in [0.25, 0.3) is 0 Å². The molecule has 2 heteroatoms. The van der Waals surface area contributed by atoms with Crippen LogP contribution in [0.3, 0.4) is 0 Å². The lowest BCUT2D eigenvalue weighted by Gasteiger charge is -2.20. The molecule has 0 atom stereocenters. The van der Waals surface area contributed by atoms with Gasteiger partial charge in [0.1, 0.15) is 0 Å². The zero-order valence-electron chi connectivity index (χ0n) is 8.55. The van der Waals surface area contributed by atoms with Gasteiger partial charge in [0.2, 0.25) is 0 Å². The molecule has 0 aliphatic heterocycles. The van der Waals surface area contributed by atoms with Crippen molar-refractivity contribution in [3.05, 3.63) is 0 Å².